The summed E-state index contributed by atoms with van der Waals surface area (Å²) in [4.78, 5) is 25.8. The van der Waals surface area contributed by atoms with Gasteiger partial charge in [0.25, 0.3) is 0 Å². The van der Waals surface area contributed by atoms with E-state index < -0.39 is 22.6 Å². The molecule has 4 rings (SSSR count). The molecule has 156 valence electrons. The van der Waals surface area contributed by atoms with E-state index in [-0.39, 0.29) is 12.5 Å². The van der Waals surface area contributed by atoms with E-state index in [4.69, 9.17) is 0 Å². The Bertz CT molecular complexity index is 1150. The van der Waals surface area contributed by atoms with Gasteiger partial charge in [0.2, 0.25) is 5.95 Å². The van der Waals surface area contributed by atoms with Crippen molar-refractivity contribution in [2.75, 3.05) is 18.0 Å². The van der Waals surface area contributed by atoms with Crippen molar-refractivity contribution >= 4 is 22.9 Å². The normalized spacial score (nSPS) is 14.7. The molecule has 0 saturated heterocycles. The standard InChI is InChI=1S/C19H15F4N5OS/c20-14-7-13(8-24-9-14)12-3-5-27(6-4-12)17-25-11-28(18(29)26-17)10-15-1-2-16(30-15)19(21,22)23/h1-3,7-9,11H,4-6,10H2. The molecule has 1 aliphatic rings. The lowest BCUT2D eigenvalue weighted by Gasteiger charge is -2.26. The summed E-state index contributed by atoms with van der Waals surface area (Å²) in [5.74, 6) is -0.165. The van der Waals surface area contributed by atoms with Gasteiger partial charge in [-0.15, -0.1) is 11.3 Å². The van der Waals surface area contributed by atoms with Crippen molar-refractivity contribution in [2.24, 2.45) is 0 Å². The van der Waals surface area contributed by atoms with Gasteiger partial charge in [-0.1, -0.05) is 6.08 Å². The van der Waals surface area contributed by atoms with Crippen LogP contribution in [0.2, 0.25) is 0 Å². The quantitative estimate of drug-likeness (QED) is 0.584. The Morgan fingerprint density at radius 1 is 1.20 bits per heavy atom. The number of anilines is 1. The molecule has 0 bridgehead atoms. The molecule has 0 amide bonds. The van der Waals surface area contributed by atoms with E-state index in [0.717, 1.165) is 17.8 Å². The number of nitrogens with zero attached hydrogens (tertiary/aromatic N) is 5. The molecule has 0 fully saturated rings. The molecular formula is C19H15F4N5OS. The molecule has 4 heterocycles. The molecule has 0 N–H and O–H groups in total. The predicted molar refractivity (Wildman–Crippen MR) is 104 cm³/mol. The zero-order valence-corrected chi connectivity index (χ0v) is 16.3. The maximum absolute atomic E-state index is 13.3. The largest absolute Gasteiger partial charge is 0.425 e. The number of aromatic nitrogens is 4. The highest BCUT2D eigenvalue weighted by atomic mass is 32.1. The van der Waals surface area contributed by atoms with E-state index in [1.54, 1.807) is 11.1 Å². The third-order valence-electron chi connectivity index (χ3n) is 4.59. The molecular weight excluding hydrogens is 422 g/mol. The number of thiophene rings is 1. The van der Waals surface area contributed by atoms with Gasteiger partial charge in [-0.05, 0) is 35.8 Å². The molecule has 0 aromatic carbocycles. The highest BCUT2D eigenvalue weighted by Crippen LogP contribution is 2.34. The molecule has 0 spiro atoms. The minimum absolute atomic E-state index is 0.0313. The van der Waals surface area contributed by atoms with Crippen LogP contribution in [0.4, 0.5) is 23.5 Å². The Balaban J connectivity index is 1.46. The SMILES string of the molecule is O=c1nc(N2CC=C(c3cncc(F)c3)CC2)ncn1Cc1ccc(C(F)(F)F)s1. The van der Waals surface area contributed by atoms with Gasteiger partial charge in [0.15, 0.2) is 0 Å². The molecule has 0 unspecified atom stereocenters. The second kappa shape index (κ2) is 7.98. The summed E-state index contributed by atoms with van der Waals surface area (Å²) in [5, 5.41) is 0. The molecule has 0 radical (unpaired) electrons. The summed E-state index contributed by atoms with van der Waals surface area (Å²) >= 11 is 0.584. The Morgan fingerprint density at radius 3 is 2.67 bits per heavy atom. The van der Waals surface area contributed by atoms with Crippen LogP contribution in [0.15, 0.2) is 47.8 Å². The second-order valence-corrected chi connectivity index (χ2v) is 7.82. The Kier molecular flexibility index (Phi) is 5.37. The van der Waals surface area contributed by atoms with Crippen molar-refractivity contribution in [3.63, 3.8) is 0 Å². The van der Waals surface area contributed by atoms with Crippen LogP contribution in [-0.2, 0) is 12.7 Å². The van der Waals surface area contributed by atoms with E-state index in [9.17, 15) is 22.4 Å². The number of halogens is 4. The van der Waals surface area contributed by atoms with E-state index in [1.165, 1.54) is 23.0 Å². The maximum Gasteiger partial charge on any atom is 0.425 e. The third kappa shape index (κ3) is 4.40. The molecule has 6 nitrogen and oxygen atoms in total. The zero-order valence-electron chi connectivity index (χ0n) is 15.4. The fraction of sp³-hybridized carbons (Fsp3) is 0.263. The molecule has 3 aromatic heterocycles. The van der Waals surface area contributed by atoms with Gasteiger partial charge in [-0.2, -0.15) is 18.2 Å². The number of rotatable bonds is 4. The van der Waals surface area contributed by atoms with Crippen LogP contribution in [0, 0.1) is 5.82 Å². The van der Waals surface area contributed by atoms with Crippen LogP contribution >= 0.6 is 11.3 Å². The first kappa shape index (κ1) is 20.2. The van der Waals surface area contributed by atoms with E-state index in [1.807, 2.05) is 6.08 Å². The molecule has 3 aromatic rings. The van der Waals surface area contributed by atoms with Crippen molar-refractivity contribution in [1.82, 2.24) is 19.5 Å². The topological polar surface area (TPSA) is 63.9 Å². The molecule has 0 saturated carbocycles. The predicted octanol–water partition coefficient (Wildman–Crippen LogP) is 3.59. The number of hydrogen-bond donors (Lipinski definition) is 0. The van der Waals surface area contributed by atoms with Gasteiger partial charge in [-0.25, -0.2) is 14.2 Å². The van der Waals surface area contributed by atoms with Crippen LogP contribution in [-0.4, -0.2) is 32.6 Å². The summed E-state index contributed by atoms with van der Waals surface area (Å²) in [7, 11) is 0. The van der Waals surface area contributed by atoms with Crippen LogP contribution < -0.4 is 10.6 Å². The van der Waals surface area contributed by atoms with Gasteiger partial charge in [0.1, 0.15) is 17.0 Å². The average Bonchev–Trinajstić information content (AvgIpc) is 3.19. The van der Waals surface area contributed by atoms with Crippen molar-refractivity contribution in [2.45, 2.75) is 19.1 Å². The first-order valence-electron chi connectivity index (χ1n) is 8.94. The van der Waals surface area contributed by atoms with Crippen LogP contribution in [0.3, 0.4) is 0 Å². The number of alkyl halides is 3. The average molecular weight is 437 g/mol. The van der Waals surface area contributed by atoms with Gasteiger partial charge in [0.05, 0.1) is 12.7 Å². The lowest BCUT2D eigenvalue weighted by atomic mass is 10.0. The van der Waals surface area contributed by atoms with Crippen molar-refractivity contribution in [3.05, 3.63) is 74.6 Å². The fourth-order valence-electron chi connectivity index (χ4n) is 3.09. The van der Waals surface area contributed by atoms with Gasteiger partial charge >= 0.3 is 11.9 Å². The second-order valence-electron chi connectivity index (χ2n) is 6.65. The summed E-state index contributed by atoms with van der Waals surface area (Å²) in [6.45, 7) is 0.942. The van der Waals surface area contributed by atoms with E-state index in [0.29, 0.717) is 41.3 Å². The number of pyridine rings is 1. The van der Waals surface area contributed by atoms with E-state index in [2.05, 4.69) is 15.0 Å². The van der Waals surface area contributed by atoms with Gasteiger partial charge in [0, 0.05) is 24.2 Å². The molecule has 11 heteroatoms. The molecule has 30 heavy (non-hydrogen) atoms. The summed E-state index contributed by atoms with van der Waals surface area (Å²) < 4.78 is 52.7. The minimum atomic E-state index is -4.41. The highest BCUT2D eigenvalue weighted by molar-refractivity contribution is 7.12. The lowest BCUT2D eigenvalue weighted by molar-refractivity contribution is -0.134. The Labute approximate surface area is 172 Å². The van der Waals surface area contributed by atoms with Crippen LogP contribution in [0.1, 0.15) is 21.7 Å². The van der Waals surface area contributed by atoms with Crippen molar-refractivity contribution in [3.8, 4) is 0 Å². The van der Waals surface area contributed by atoms with E-state index >= 15 is 0 Å². The monoisotopic (exact) mass is 437 g/mol. The van der Waals surface area contributed by atoms with Gasteiger partial charge in [-0.3, -0.25) is 9.55 Å². The Morgan fingerprint density at radius 2 is 2.03 bits per heavy atom. The molecule has 0 atom stereocenters. The molecule has 1 aliphatic heterocycles. The van der Waals surface area contributed by atoms with Crippen LogP contribution in [0.5, 0.6) is 0 Å². The lowest BCUT2D eigenvalue weighted by Crippen LogP contribution is -2.33. The van der Waals surface area contributed by atoms with Crippen molar-refractivity contribution in [1.29, 1.82) is 0 Å². The third-order valence-corrected chi connectivity index (χ3v) is 5.70. The first-order chi connectivity index (χ1) is 14.3. The highest BCUT2D eigenvalue weighted by Gasteiger charge is 2.32. The van der Waals surface area contributed by atoms with Gasteiger partial charge < -0.3 is 4.90 Å². The smallest absolute Gasteiger partial charge is 0.337 e. The first-order valence-corrected chi connectivity index (χ1v) is 9.75. The molecule has 0 aliphatic carbocycles. The summed E-state index contributed by atoms with van der Waals surface area (Å²) in [6, 6.07) is 3.75. The fourth-order valence-corrected chi connectivity index (χ4v) is 3.97. The Hall–Kier alpha value is -3.08. The maximum atomic E-state index is 13.3. The summed E-state index contributed by atoms with van der Waals surface area (Å²) in [5.41, 5.74) is 1.07. The minimum Gasteiger partial charge on any atom is -0.337 e. The summed E-state index contributed by atoms with van der Waals surface area (Å²) in [6.07, 6.45) is 2.12. The van der Waals surface area contributed by atoms with Crippen molar-refractivity contribution < 1.29 is 17.6 Å². The van der Waals surface area contributed by atoms with Crippen LogP contribution in [0.25, 0.3) is 5.57 Å². The zero-order chi connectivity index (χ0) is 21.3. The number of hydrogen-bond acceptors (Lipinski definition) is 6.